The van der Waals surface area contributed by atoms with Crippen molar-refractivity contribution in [2.24, 2.45) is 0 Å². The Labute approximate surface area is 159 Å². The molecular weight excluding hydrogens is 371 g/mol. The van der Waals surface area contributed by atoms with Crippen molar-refractivity contribution in [2.45, 2.75) is 13.1 Å². The van der Waals surface area contributed by atoms with E-state index in [-0.39, 0.29) is 5.82 Å². The summed E-state index contributed by atoms with van der Waals surface area (Å²) in [5.41, 5.74) is 0.178. The van der Waals surface area contributed by atoms with E-state index < -0.39 is 11.7 Å². The SMILES string of the molecule is Cc1ccn(-c2ccc(N3CCN(c4ncccc4C(F)(F)F)CC3)nn2)n1. The molecule has 3 aromatic heterocycles. The molecule has 10 heteroatoms. The lowest BCUT2D eigenvalue weighted by atomic mass is 10.2. The highest BCUT2D eigenvalue weighted by molar-refractivity contribution is 5.51. The Morgan fingerprint density at radius 2 is 1.57 bits per heavy atom. The van der Waals surface area contributed by atoms with E-state index in [4.69, 9.17) is 0 Å². The average Bonchev–Trinajstić information content (AvgIpc) is 3.14. The lowest BCUT2D eigenvalue weighted by Crippen LogP contribution is -2.47. The quantitative estimate of drug-likeness (QED) is 0.687. The van der Waals surface area contributed by atoms with Crippen LogP contribution in [-0.2, 0) is 6.18 Å². The molecule has 146 valence electrons. The molecule has 0 amide bonds. The molecule has 0 atom stereocenters. The number of nitrogens with zero attached hydrogens (tertiary/aromatic N) is 7. The fourth-order valence-corrected chi connectivity index (χ4v) is 3.17. The van der Waals surface area contributed by atoms with Crippen LogP contribution in [0.2, 0.25) is 0 Å². The molecule has 1 aliphatic rings. The molecule has 1 aliphatic heterocycles. The largest absolute Gasteiger partial charge is 0.419 e. The van der Waals surface area contributed by atoms with Crippen molar-refractivity contribution in [3.05, 3.63) is 54.0 Å². The molecule has 1 saturated heterocycles. The first-order valence-electron chi connectivity index (χ1n) is 8.80. The first-order valence-corrected chi connectivity index (χ1v) is 8.80. The maximum Gasteiger partial charge on any atom is 0.419 e. The van der Waals surface area contributed by atoms with E-state index >= 15 is 0 Å². The second-order valence-corrected chi connectivity index (χ2v) is 6.50. The summed E-state index contributed by atoms with van der Waals surface area (Å²) in [4.78, 5) is 7.62. The van der Waals surface area contributed by atoms with E-state index in [0.717, 1.165) is 11.8 Å². The van der Waals surface area contributed by atoms with Crippen LogP contribution in [0.4, 0.5) is 24.8 Å². The van der Waals surface area contributed by atoms with Crippen LogP contribution >= 0.6 is 0 Å². The first kappa shape index (κ1) is 18.2. The van der Waals surface area contributed by atoms with Crippen LogP contribution in [0.25, 0.3) is 5.82 Å². The molecule has 0 saturated carbocycles. The van der Waals surface area contributed by atoms with Gasteiger partial charge in [0.2, 0.25) is 0 Å². The summed E-state index contributed by atoms with van der Waals surface area (Å²) < 4.78 is 41.3. The van der Waals surface area contributed by atoms with Gasteiger partial charge in [0.05, 0.1) is 11.3 Å². The Hall–Kier alpha value is -3.17. The maximum atomic E-state index is 13.2. The van der Waals surface area contributed by atoms with Gasteiger partial charge < -0.3 is 9.80 Å². The van der Waals surface area contributed by atoms with Crippen molar-refractivity contribution in [2.75, 3.05) is 36.0 Å². The van der Waals surface area contributed by atoms with Gasteiger partial charge >= 0.3 is 6.18 Å². The van der Waals surface area contributed by atoms with Gasteiger partial charge in [-0.3, -0.25) is 0 Å². The molecule has 7 nitrogen and oxygen atoms in total. The summed E-state index contributed by atoms with van der Waals surface area (Å²) in [5.74, 6) is 1.27. The predicted octanol–water partition coefficient (Wildman–Crippen LogP) is 2.71. The molecule has 4 heterocycles. The summed E-state index contributed by atoms with van der Waals surface area (Å²) in [6, 6.07) is 7.91. The zero-order valence-electron chi connectivity index (χ0n) is 15.1. The molecule has 0 N–H and O–H groups in total. The fourth-order valence-electron chi connectivity index (χ4n) is 3.17. The molecule has 28 heavy (non-hydrogen) atoms. The van der Waals surface area contributed by atoms with Crippen LogP contribution in [0.5, 0.6) is 0 Å². The number of aromatic nitrogens is 5. The minimum absolute atomic E-state index is 0.0230. The number of hydrogen-bond acceptors (Lipinski definition) is 6. The zero-order chi connectivity index (χ0) is 19.7. The number of piperazine rings is 1. The zero-order valence-corrected chi connectivity index (χ0v) is 15.1. The van der Waals surface area contributed by atoms with Gasteiger partial charge in [0.1, 0.15) is 5.82 Å². The van der Waals surface area contributed by atoms with Crippen molar-refractivity contribution < 1.29 is 13.2 Å². The lowest BCUT2D eigenvalue weighted by Gasteiger charge is -2.36. The van der Waals surface area contributed by atoms with Gasteiger partial charge in [0, 0.05) is 38.6 Å². The third-order valence-corrected chi connectivity index (χ3v) is 4.59. The van der Waals surface area contributed by atoms with Crippen LogP contribution in [0, 0.1) is 6.92 Å². The fraction of sp³-hybridized carbons (Fsp3) is 0.333. The molecule has 0 unspecified atom stereocenters. The minimum atomic E-state index is -4.42. The number of aryl methyl sites for hydroxylation is 1. The predicted molar refractivity (Wildman–Crippen MR) is 97.6 cm³/mol. The van der Waals surface area contributed by atoms with Crippen LogP contribution in [0.3, 0.4) is 0 Å². The van der Waals surface area contributed by atoms with Crippen molar-refractivity contribution in [3.63, 3.8) is 0 Å². The molecule has 0 aliphatic carbocycles. The Morgan fingerprint density at radius 1 is 0.893 bits per heavy atom. The molecule has 0 spiro atoms. The summed E-state index contributed by atoms with van der Waals surface area (Å²) in [5, 5.41) is 12.7. The van der Waals surface area contributed by atoms with Gasteiger partial charge in [-0.15, -0.1) is 10.2 Å². The number of alkyl halides is 3. The molecule has 1 fully saturated rings. The summed E-state index contributed by atoms with van der Waals surface area (Å²) in [7, 11) is 0. The van der Waals surface area contributed by atoms with E-state index in [1.165, 1.54) is 12.3 Å². The van der Waals surface area contributed by atoms with Crippen molar-refractivity contribution in [1.29, 1.82) is 0 Å². The van der Waals surface area contributed by atoms with Crippen molar-refractivity contribution in [1.82, 2.24) is 25.0 Å². The van der Waals surface area contributed by atoms with Crippen LogP contribution < -0.4 is 9.80 Å². The monoisotopic (exact) mass is 389 g/mol. The normalized spacial score (nSPS) is 15.1. The molecule has 0 aromatic carbocycles. The van der Waals surface area contributed by atoms with Gasteiger partial charge in [-0.25, -0.2) is 9.67 Å². The number of pyridine rings is 1. The number of anilines is 2. The second-order valence-electron chi connectivity index (χ2n) is 6.50. The Bertz CT molecular complexity index is 944. The number of halogens is 3. The smallest absolute Gasteiger partial charge is 0.353 e. The van der Waals surface area contributed by atoms with Gasteiger partial charge in [-0.1, -0.05) is 0 Å². The van der Waals surface area contributed by atoms with E-state index in [1.807, 2.05) is 36.2 Å². The van der Waals surface area contributed by atoms with Crippen LogP contribution in [-0.4, -0.2) is 51.1 Å². The van der Waals surface area contributed by atoms with Crippen LogP contribution in [0.15, 0.2) is 42.7 Å². The molecule has 3 aromatic rings. The molecular formula is C18H18F3N7. The maximum absolute atomic E-state index is 13.2. The highest BCUT2D eigenvalue weighted by atomic mass is 19.4. The van der Waals surface area contributed by atoms with E-state index in [0.29, 0.717) is 37.8 Å². The topological polar surface area (TPSA) is 63.0 Å². The number of hydrogen-bond donors (Lipinski definition) is 0. The minimum Gasteiger partial charge on any atom is -0.353 e. The van der Waals surface area contributed by atoms with Crippen molar-refractivity contribution >= 4 is 11.6 Å². The van der Waals surface area contributed by atoms with Gasteiger partial charge in [-0.2, -0.15) is 18.3 Å². The van der Waals surface area contributed by atoms with Crippen molar-refractivity contribution in [3.8, 4) is 5.82 Å². The second kappa shape index (κ2) is 7.10. The van der Waals surface area contributed by atoms with Crippen LogP contribution in [0.1, 0.15) is 11.3 Å². The van der Waals surface area contributed by atoms with E-state index in [1.54, 1.807) is 9.58 Å². The molecule has 0 radical (unpaired) electrons. The summed E-state index contributed by atoms with van der Waals surface area (Å²) in [6.45, 7) is 3.79. The highest BCUT2D eigenvalue weighted by Gasteiger charge is 2.36. The Balaban J connectivity index is 1.45. The standard InChI is InChI=1S/C18H18F3N7/c1-13-6-8-28(25-13)16-5-4-15(23-24-16)26-9-11-27(12-10-26)17-14(18(19,20)21)3-2-7-22-17/h2-8H,9-12H2,1H3. The third kappa shape index (κ3) is 3.62. The third-order valence-electron chi connectivity index (χ3n) is 4.59. The van der Waals surface area contributed by atoms with Gasteiger partial charge in [0.25, 0.3) is 0 Å². The first-order chi connectivity index (χ1) is 13.4. The van der Waals surface area contributed by atoms with Gasteiger partial charge in [0.15, 0.2) is 11.6 Å². The van der Waals surface area contributed by atoms with E-state index in [9.17, 15) is 13.2 Å². The summed E-state index contributed by atoms with van der Waals surface area (Å²) >= 11 is 0. The molecule has 4 rings (SSSR count). The average molecular weight is 389 g/mol. The molecule has 0 bridgehead atoms. The number of rotatable bonds is 3. The Morgan fingerprint density at radius 3 is 2.18 bits per heavy atom. The Kier molecular flexibility index (Phi) is 4.62. The summed E-state index contributed by atoms with van der Waals surface area (Å²) in [6.07, 6.45) is -1.23. The highest BCUT2D eigenvalue weighted by Crippen LogP contribution is 2.35. The van der Waals surface area contributed by atoms with Gasteiger partial charge in [-0.05, 0) is 37.3 Å². The van der Waals surface area contributed by atoms with E-state index in [2.05, 4.69) is 20.3 Å². The lowest BCUT2D eigenvalue weighted by molar-refractivity contribution is -0.137.